The van der Waals surface area contributed by atoms with Crippen molar-refractivity contribution in [3.63, 3.8) is 0 Å². The Bertz CT molecular complexity index is 1530. The summed E-state index contributed by atoms with van der Waals surface area (Å²) in [7, 11) is 3.14. The van der Waals surface area contributed by atoms with Gasteiger partial charge in [0.15, 0.2) is 11.0 Å². The molecule has 0 unspecified atom stereocenters. The third kappa shape index (κ3) is 6.33. The average Bonchev–Trinajstić information content (AvgIpc) is 3.34. The molecule has 3 aromatic rings. The van der Waals surface area contributed by atoms with Crippen LogP contribution in [0.2, 0.25) is 0 Å². The Morgan fingerprint density at radius 1 is 0.905 bits per heavy atom. The van der Waals surface area contributed by atoms with Gasteiger partial charge >= 0.3 is 0 Å². The molecule has 2 aliphatic heterocycles. The zero-order valence-corrected chi connectivity index (χ0v) is 24.6. The fourth-order valence-electron chi connectivity index (χ4n) is 4.82. The maximum atomic E-state index is 13.6. The maximum absolute atomic E-state index is 13.6. The summed E-state index contributed by atoms with van der Waals surface area (Å²) in [6, 6.07) is 22.2. The van der Waals surface area contributed by atoms with E-state index in [4.69, 9.17) is 9.47 Å². The zero-order valence-electron chi connectivity index (χ0n) is 23.8. The van der Waals surface area contributed by atoms with Crippen LogP contribution in [0.1, 0.15) is 22.8 Å². The molecule has 0 N–H and O–H groups in total. The van der Waals surface area contributed by atoms with Gasteiger partial charge in [0.25, 0.3) is 5.91 Å². The molecule has 2 aliphatic rings. The number of ether oxygens (including phenoxy) is 2. The number of carbonyl (C=O) groups is 3. The minimum absolute atomic E-state index is 0.0102. The van der Waals surface area contributed by atoms with Gasteiger partial charge < -0.3 is 19.3 Å². The number of carbonyl (C=O) groups excluding carboxylic acids is 3. The van der Waals surface area contributed by atoms with E-state index in [0.29, 0.717) is 59.7 Å². The number of benzene rings is 3. The van der Waals surface area contributed by atoms with E-state index < -0.39 is 0 Å². The largest absolute Gasteiger partial charge is 0.497 e. The van der Waals surface area contributed by atoms with E-state index in [1.54, 1.807) is 44.3 Å². The first-order valence-corrected chi connectivity index (χ1v) is 14.5. The molecule has 2 heterocycles. The number of amides is 2. The number of nitrogens with zero attached hydrogens (tertiary/aromatic N) is 4. The van der Waals surface area contributed by atoms with Crippen LogP contribution in [0, 0.1) is 0 Å². The summed E-state index contributed by atoms with van der Waals surface area (Å²) in [4.78, 5) is 48.6. The molecule has 5 rings (SSSR count). The smallest absolute Gasteiger partial charge is 0.283 e. The van der Waals surface area contributed by atoms with Gasteiger partial charge in [-0.1, -0.05) is 30.0 Å². The summed E-state index contributed by atoms with van der Waals surface area (Å²) in [6.07, 6.45) is 1.69. The number of piperazine rings is 1. The summed E-state index contributed by atoms with van der Waals surface area (Å²) in [6.45, 7) is 4.12. The number of para-hydroxylation sites is 1. The van der Waals surface area contributed by atoms with Gasteiger partial charge in [-0.15, -0.1) is 0 Å². The first-order chi connectivity index (χ1) is 20.4. The molecule has 1 saturated heterocycles. The van der Waals surface area contributed by atoms with Crippen LogP contribution in [0.15, 0.2) is 83.5 Å². The third-order valence-corrected chi connectivity index (χ3v) is 8.10. The number of anilines is 2. The molecule has 42 heavy (non-hydrogen) atoms. The van der Waals surface area contributed by atoms with Crippen LogP contribution in [0.4, 0.5) is 11.4 Å². The van der Waals surface area contributed by atoms with E-state index in [1.807, 2.05) is 65.6 Å². The van der Waals surface area contributed by atoms with Crippen LogP contribution in [0.25, 0.3) is 6.08 Å². The molecule has 0 saturated carbocycles. The molecular weight excluding hydrogens is 552 g/mol. The van der Waals surface area contributed by atoms with Crippen molar-refractivity contribution in [2.45, 2.75) is 6.92 Å². The van der Waals surface area contributed by atoms with Crippen molar-refractivity contribution in [3.05, 3.63) is 89.6 Å². The quantitative estimate of drug-likeness (QED) is 0.279. The minimum Gasteiger partial charge on any atom is -0.497 e. The van der Waals surface area contributed by atoms with Gasteiger partial charge in [-0.25, -0.2) is 4.99 Å². The number of rotatable bonds is 8. The number of hydrogen-bond donors (Lipinski definition) is 0. The first kappa shape index (κ1) is 28.9. The summed E-state index contributed by atoms with van der Waals surface area (Å²) in [5, 5.41) is 0.447. The summed E-state index contributed by atoms with van der Waals surface area (Å²) >= 11 is 1.25. The fraction of sp³-hybridized carbons (Fsp3) is 0.250. The maximum Gasteiger partial charge on any atom is 0.283 e. The van der Waals surface area contributed by atoms with E-state index >= 15 is 0 Å². The van der Waals surface area contributed by atoms with Crippen molar-refractivity contribution >= 4 is 52.0 Å². The van der Waals surface area contributed by atoms with E-state index in [2.05, 4.69) is 9.89 Å². The lowest BCUT2D eigenvalue weighted by molar-refractivity contribution is -0.128. The van der Waals surface area contributed by atoms with Crippen molar-refractivity contribution in [3.8, 4) is 11.5 Å². The predicted molar refractivity (Wildman–Crippen MR) is 167 cm³/mol. The number of ketones is 1. The monoisotopic (exact) mass is 584 g/mol. The Hall–Kier alpha value is -4.57. The SMILES string of the molecule is COc1ccc(C=C2N=C(SCC(=O)N3CCN(c4ccc(C(C)=O)cc4)CC3)N(c3ccccc3)C2=O)c(OC)c1. The van der Waals surface area contributed by atoms with Crippen LogP contribution >= 0.6 is 11.8 Å². The van der Waals surface area contributed by atoms with Crippen LogP contribution in [0.3, 0.4) is 0 Å². The molecular formula is C32H32N4O5S. The molecule has 1 fully saturated rings. The van der Waals surface area contributed by atoms with E-state index in [9.17, 15) is 14.4 Å². The Morgan fingerprint density at radius 3 is 2.26 bits per heavy atom. The summed E-state index contributed by atoms with van der Waals surface area (Å²) < 4.78 is 10.8. The summed E-state index contributed by atoms with van der Waals surface area (Å²) in [5.74, 6) is 1.10. The molecule has 0 aliphatic carbocycles. The molecule has 2 amide bonds. The van der Waals surface area contributed by atoms with Crippen molar-refractivity contribution < 1.29 is 23.9 Å². The highest BCUT2D eigenvalue weighted by atomic mass is 32.2. The van der Waals surface area contributed by atoms with E-state index in [1.165, 1.54) is 11.8 Å². The van der Waals surface area contributed by atoms with Crippen LogP contribution < -0.4 is 19.3 Å². The number of aliphatic imine (C=N–C) groups is 1. The highest BCUT2D eigenvalue weighted by molar-refractivity contribution is 8.14. The van der Waals surface area contributed by atoms with Gasteiger partial charge in [0.05, 0.1) is 25.7 Å². The second-order valence-corrected chi connectivity index (χ2v) is 10.7. The number of Topliss-reactive ketones (excluding diaryl/α,β-unsaturated/α-hetero) is 1. The third-order valence-electron chi connectivity index (χ3n) is 7.17. The molecule has 0 radical (unpaired) electrons. The van der Waals surface area contributed by atoms with Crippen molar-refractivity contribution in [1.82, 2.24) is 4.90 Å². The van der Waals surface area contributed by atoms with Crippen molar-refractivity contribution in [1.29, 1.82) is 0 Å². The molecule has 0 aromatic heterocycles. The predicted octanol–water partition coefficient (Wildman–Crippen LogP) is 4.73. The second kappa shape index (κ2) is 12.9. The lowest BCUT2D eigenvalue weighted by atomic mass is 10.1. The molecule has 10 heteroatoms. The lowest BCUT2D eigenvalue weighted by Crippen LogP contribution is -2.49. The molecule has 216 valence electrons. The standard InChI is InChI=1S/C32H32N4O5S/c1-22(37)23-9-12-25(13-10-23)34-15-17-35(18-16-34)30(38)21-42-32-33-28(31(39)36(32)26-7-5-4-6-8-26)19-24-11-14-27(40-2)20-29(24)41-3/h4-14,19-20H,15-18,21H2,1-3H3. The van der Waals surface area contributed by atoms with E-state index in [0.717, 1.165) is 5.69 Å². The molecule has 0 atom stereocenters. The van der Waals surface area contributed by atoms with Gasteiger partial charge in [-0.05, 0) is 61.5 Å². The van der Waals surface area contributed by atoms with E-state index in [-0.39, 0.29) is 29.0 Å². The van der Waals surface area contributed by atoms with Crippen molar-refractivity contribution in [2.24, 2.45) is 4.99 Å². The second-order valence-electron chi connectivity index (χ2n) is 9.77. The highest BCUT2D eigenvalue weighted by Crippen LogP contribution is 2.32. The molecule has 9 nitrogen and oxygen atoms in total. The minimum atomic E-state index is -0.279. The number of amidine groups is 1. The Labute approximate surface area is 249 Å². The Balaban J connectivity index is 1.28. The number of thioether (sulfide) groups is 1. The Kier molecular flexibility index (Phi) is 8.92. The van der Waals surface area contributed by atoms with Gasteiger partial charge in [-0.2, -0.15) is 0 Å². The van der Waals surface area contributed by atoms with Gasteiger partial charge in [0.2, 0.25) is 5.91 Å². The van der Waals surface area contributed by atoms with Gasteiger partial charge in [0.1, 0.15) is 17.2 Å². The van der Waals surface area contributed by atoms with Crippen LogP contribution in [-0.4, -0.2) is 73.8 Å². The first-order valence-electron chi connectivity index (χ1n) is 13.6. The normalized spacial score (nSPS) is 16.1. The Morgan fingerprint density at radius 2 is 1.62 bits per heavy atom. The molecule has 3 aromatic carbocycles. The number of methoxy groups -OCH3 is 2. The van der Waals surface area contributed by atoms with Crippen LogP contribution in [0.5, 0.6) is 11.5 Å². The van der Waals surface area contributed by atoms with Gasteiger partial charge in [-0.3, -0.25) is 19.3 Å². The topological polar surface area (TPSA) is 91.8 Å². The average molecular weight is 585 g/mol. The fourth-order valence-corrected chi connectivity index (χ4v) is 5.74. The summed E-state index contributed by atoms with van der Waals surface area (Å²) in [5.41, 5.74) is 3.34. The number of hydrogen-bond acceptors (Lipinski definition) is 8. The van der Waals surface area contributed by atoms with Crippen LogP contribution in [-0.2, 0) is 9.59 Å². The highest BCUT2D eigenvalue weighted by Gasteiger charge is 2.33. The molecule has 0 bridgehead atoms. The lowest BCUT2D eigenvalue weighted by Gasteiger charge is -2.36. The van der Waals surface area contributed by atoms with Gasteiger partial charge in [0, 0.05) is 49.1 Å². The zero-order chi connectivity index (χ0) is 29.6. The van der Waals surface area contributed by atoms with Crippen molar-refractivity contribution in [2.75, 3.05) is 56.0 Å². The molecule has 0 spiro atoms.